The Kier molecular flexibility index (Phi) is 9.20. The zero-order valence-corrected chi connectivity index (χ0v) is 23.3. The number of benzene rings is 3. The number of Topliss-reactive ketones (excluding diaryl/α,β-unsaturated/α-hetero) is 1. The van der Waals surface area contributed by atoms with Gasteiger partial charge in [0.1, 0.15) is 18.1 Å². The molecule has 0 aliphatic carbocycles. The third kappa shape index (κ3) is 6.40. The van der Waals surface area contributed by atoms with E-state index in [2.05, 4.69) is 18.7 Å². The minimum Gasteiger partial charge on any atom is -0.507 e. The number of ketones is 1. The fourth-order valence-corrected chi connectivity index (χ4v) is 5.08. The number of carbonyl (C=O) groups excluding carboxylic acids is 2. The molecule has 6 nitrogen and oxygen atoms in total. The maximum absolute atomic E-state index is 13.4. The van der Waals surface area contributed by atoms with Crippen LogP contribution in [0.5, 0.6) is 5.75 Å². The van der Waals surface area contributed by atoms with E-state index in [0.717, 1.165) is 48.3 Å². The Morgan fingerprint density at radius 2 is 1.64 bits per heavy atom. The molecule has 1 atom stereocenters. The van der Waals surface area contributed by atoms with Gasteiger partial charge in [0.2, 0.25) is 0 Å². The molecule has 0 spiro atoms. The Bertz CT molecular complexity index is 1330. The number of hydrogen-bond acceptors (Lipinski definition) is 5. The molecule has 1 N–H and O–H groups in total. The van der Waals surface area contributed by atoms with Crippen LogP contribution in [0.15, 0.2) is 78.4 Å². The Hall–Kier alpha value is -3.90. The van der Waals surface area contributed by atoms with Crippen molar-refractivity contribution in [3.8, 4) is 5.75 Å². The smallest absolute Gasteiger partial charge is 0.295 e. The number of hydrogen-bond donors (Lipinski definition) is 1. The number of aryl methyl sites for hydroxylation is 2. The molecule has 1 fully saturated rings. The van der Waals surface area contributed by atoms with Crippen molar-refractivity contribution in [1.29, 1.82) is 0 Å². The monoisotopic (exact) mass is 526 g/mol. The van der Waals surface area contributed by atoms with E-state index in [9.17, 15) is 14.7 Å². The lowest BCUT2D eigenvalue weighted by molar-refractivity contribution is -0.140. The minimum atomic E-state index is -0.676. The van der Waals surface area contributed by atoms with Crippen LogP contribution in [0.4, 0.5) is 0 Å². The molecule has 6 heteroatoms. The van der Waals surface area contributed by atoms with Crippen molar-refractivity contribution in [1.82, 2.24) is 9.80 Å². The van der Waals surface area contributed by atoms with E-state index in [4.69, 9.17) is 4.74 Å². The number of aliphatic hydroxyl groups excluding tert-OH is 1. The predicted octanol–water partition coefficient (Wildman–Crippen LogP) is 6.04. The Morgan fingerprint density at radius 3 is 2.31 bits per heavy atom. The summed E-state index contributed by atoms with van der Waals surface area (Å²) in [7, 11) is 0. The van der Waals surface area contributed by atoms with Crippen LogP contribution in [0.25, 0.3) is 5.76 Å². The number of likely N-dealkylation sites (tertiary alicyclic amines) is 1. The molecular formula is C33H38N2O4. The van der Waals surface area contributed by atoms with Crippen LogP contribution in [0.2, 0.25) is 0 Å². The van der Waals surface area contributed by atoms with Crippen molar-refractivity contribution in [2.75, 3.05) is 26.2 Å². The first-order valence-corrected chi connectivity index (χ1v) is 13.7. The number of rotatable bonds is 11. The van der Waals surface area contributed by atoms with Crippen molar-refractivity contribution in [3.63, 3.8) is 0 Å². The van der Waals surface area contributed by atoms with Gasteiger partial charge in [-0.2, -0.15) is 0 Å². The normalized spacial score (nSPS) is 16.7. The summed E-state index contributed by atoms with van der Waals surface area (Å²) >= 11 is 0. The molecule has 204 valence electrons. The third-order valence-corrected chi connectivity index (χ3v) is 7.40. The predicted molar refractivity (Wildman–Crippen MR) is 155 cm³/mol. The summed E-state index contributed by atoms with van der Waals surface area (Å²) in [5.41, 5.74) is 4.34. The van der Waals surface area contributed by atoms with E-state index in [1.54, 1.807) is 4.90 Å². The summed E-state index contributed by atoms with van der Waals surface area (Å²) in [6.07, 6.45) is 0.729. The highest BCUT2D eigenvalue weighted by atomic mass is 16.5. The second-order valence-electron chi connectivity index (χ2n) is 10.0. The summed E-state index contributed by atoms with van der Waals surface area (Å²) in [6, 6.07) is 22.5. The van der Waals surface area contributed by atoms with E-state index in [1.807, 2.05) is 86.6 Å². The fraction of sp³-hybridized carbons (Fsp3) is 0.333. The molecular weight excluding hydrogens is 488 g/mol. The second-order valence-corrected chi connectivity index (χ2v) is 10.0. The molecule has 4 rings (SSSR count). The summed E-state index contributed by atoms with van der Waals surface area (Å²) < 4.78 is 5.95. The molecule has 0 saturated carbocycles. The van der Waals surface area contributed by atoms with Gasteiger partial charge in [-0.1, -0.05) is 74.0 Å². The lowest BCUT2D eigenvalue weighted by Gasteiger charge is -2.27. The number of ether oxygens (including phenoxy) is 1. The van der Waals surface area contributed by atoms with Crippen LogP contribution in [-0.4, -0.2) is 52.8 Å². The molecule has 0 bridgehead atoms. The average molecular weight is 527 g/mol. The van der Waals surface area contributed by atoms with Crippen molar-refractivity contribution in [2.24, 2.45) is 0 Å². The summed E-state index contributed by atoms with van der Waals surface area (Å²) in [5.74, 6) is -0.660. The first kappa shape index (κ1) is 28.1. The molecule has 1 heterocycles. The zero-order chi connectivity index (χ0) is 27.9. The summed E-state index contributed by atoms with van der Waals surface area (Å²) in [4.78, 5) is 30.6. The van der Waals surface area contributed by atoms with Gasteiger partial charge in [-0.3, -0.25) is 9.59 Å². The van der Waals surface area contributed by atoms with Gasteiger partial charge < -0.3 is 19.6 Å². The molecule has 3 aromatic carbocycles. The van der Waals surface area contributed by atoms with Gasteiger partial charge in [-0.15, -0.1) is 0 Å². The number of amides is 1. The first-order chi connectivity index (χ1) is 18.8. The van der Waals surface area contributed by atoms with Crippen LogP contribution in [0, 0.1) is 13.8 Å². The third-order valence-electron chi connectivity index (χ3n) is 7.40. The number of aliphatic hydroxyl groups is 1. The van der Waals surface area contributed by atoms with Gasteiger partial charge in [-0.05, 0) is 74.8 Å². The Labute approximate surface area is 231 Å². The lowest BCUT2D eigenvalue weighted by Crippen LogP contribution is -2.33. The lowest BCUT2D eigenvalue weighted by atomic mass is 9.93. The van der Waals surface area contributed by atoms with Crippen LogP contribution >= 0.6 is 0 Å². The molecule has 0 aromatic heterocycles. The quantitative estimate of drug-likeness (QED) is 0.188. The van der Waals surface area contributed by atoms with E-state index in [0.29, 0.717) is 24.5 Å². The van der Waals surface area contributed by atoms with Gasteiger partial charge >= 0.3 is 0 Å². The highest BCUT2D eigenvalue weighted by Crippen LogP contribution is 2.40. The first-order valence-electron chi connectivity index (χ1n) is 13.7. The topological polar surface area (TPSA) is 70.1 Å². The van der Waals surface area contributed by atoms with Gasteiger partial charge in [0.05, 0.1) is 11.6 Å². The standard InChI is InChI=1S/C33H38N2O4/c1-5-34(6-2)19-10-20-35-30(26-15-17-27(18-16-26)39-22-25-11-8-7-9-12-25)29(32(37)33(35)38)31(36)28-21-23(3)13-14-24(28)4/h7-9,11-18,21,30,36H,5-6,10,19-20,22H2,1-4H3/b31-29+. The number of carbonyl (C=O) groups is 2. The van der Waals surface area contributed by atoms with Crippen LogP contribution in [0.3, 0.4) is 0 Å². The van der Waals surface area contributed by atoms with Gasteiger partial charge in [-0.25, -0.2) is 0 Å². The Balaban J connectivity index is 1.68. The molecule has 1 saturated heterocycles. The molecule has 0 radical (unpaired) electrons. The second kappa shape index (κ2) is 12.8. The summed E-state index contributed by atoms with van der Waals surface area (Å²) in [5, 5.41) is 11.5. The fourth-order valence-electron chi connectivity index (χ4n) is 5.08. The Morgan fingerprint density at radius 1 is 0.949 bits per heavy atom. The molecule has 1 unspecified atom stereocenters. The van der Waals surface area contributed by atoms with E-state index >= 15 is 0 Å². The van der Waals surface area contributed by atoms with Crippen molar-refractivity contribution >= 4 is 17.4 Å². The molecule has 1 aliphatic rings. The van der Waals surface area contributed by atoms with Gasteiger partial charge in [0.15, 0.2) is 0 Å². The van der Waals surface area contributed by atoms with Crippen LogP contribution in [-0.2, 0) is 16.2 Å². The molecule has 39 heavy (non-hydrogen) atoms. The summed E-state index contributed by atoms with van der Waals surface area (Å²) in [6.45, 7) is 11.6. The minimum absolute atomic E-state index is 0.129. The van der Waals surface area contributed by atoms with Crippen molar-refractivity contribution in [3.05, 3.63) is 106 Å². The van der Waals surface area contributed by atoms with Crippen molar-refractivity contribution < 1.29 is 19.4 Å². The van der Waals surface area contributed by atoms with Crippen molar-refractivity contribution in [2.45, 2.75) is 46.8 Å². The molecule has 3 aromatic rings. The highest BCUT2D eigenvalue weighted by molar-refractivity contribution is 6.46. The van der Waals surface area contributed by atoms with Gasteiger partial charge in [0, 0.05) is 12.1 Å². The van der Waals surface area contributed by atoms with E-state index in [1.165, 1.54) is 0 Å². The van der Waals surface area contributed by atoms with E-state index < -0.39 is 17.7 Å². The molecule has 1 amide bonds. The maximum atomic E-state index is 13.4. The SMILES string of the molecule is CCN(CC)CCCN1C(=O)C(=O)/C(=C(/O)c2cc(C)ccc2C)C1c1ccc(OCc2ccccc2)cc1. The zero-order valence-electron chi connectivity index (χ0n) is 23.3. The largest absolute Gasteiger partial charge is 0.507 e. The van der Waals surface area contributed by atoms with Gasteiger partial charge in [0.25, 0.3) is 11.7 Å². The van der Waals surface area contributed by atoms with E-state index in [-0.39, 0.29) is 11.3 Å². The molecule has 1 aliphatic heterocycles. The highest BCUT2D eigenvalue weighted by Gasteiger charge is 2.46. The van der Waals surface area contributed by atoms with Crippen LogP contribution in [0.1, 0.15) is 54.1 Å². The number of nitrogens with zero attached hydrogens (tertiary/aromatic N) is 2. The van der Waals surface area contributed by atoms with Crippen LogP contribution < -0.4 is 4.74 Å². The average Bonchev–Trinajstić information content (AvgIpc) is 3.21. The maximum Gasteiger partial charge on any atom is 0.295 e.